The summed E-state index contributed by atoms with van der Waals surface area (Å²) in [4.78, 5) is 30.3. The van der Waals surface area contributed by atoms with E-state index in [4.69, 9.17) is 0 Å². The molecule has 0 fully saturated rings. The molecule has 0 atom stereocenters. The van der Waals surface area contributed by atoms with E-state index in [0.29, 0.717) is 26.1 Å². The number of unbranched alkanes of at least 4 members (excludes halogenated alkanes) is 4. The molecule has 204 valence electrons. The second-order valence-electron chi connectivity index (χ2n) is 10.3. The van der Waals surface area contributed by atoms with E-state index in [2.05, 4.69) is 11.5 Å². The Hall–Kier alpha value is -3.41. The second kappa shape index (κ2) is 15.1. The normalized spacial score (nSPS) is 11.1. The minimum atomic E-state index is -0.258. The summed E-state index contributed by atoms with van der Waals surface area (Å²) >= 11 is 0. The summed E-state index contributed by atoms with van der Waals surface area (Å²) in [5, 5.41) is 0. The first-order valence-electron chi connectivity index (χ1n) is 13.9. The largest absolute Gasteiger partial charge is 0.345 e. The van der Waals surface area contributed by atoms with Gasteiger partial charge >= 0.3 is 0 Å². The van der Waals surface area contributed by atoms with Crippen LogP contribution in [-0.4, -0.2) is 38.8 Å². The summed E-state index contributed by atoms with van der Waals surface area (Å²) in [6, 6.07) is 20.3. The van der Waals surface area contributed by atoms with E-state index in [1.165, 1.54) is 25.0 Å². The van der Waals surface area contributed by atoms with Crippen molar-refractivity contribution in [2.45, 2.75) is 85.0 Å². The number of amides is 2. The van der Waals surface area contributed by atoms with Crippen molar-refractivity contribution in [3.63, 3.8) is 0 Å². The average molecular weight is 520 g/mol. The van der Waals surface area contributed by atoms with E-state index in [9.17, 15) is 14.0 Å². The van der Waals surface area contributed by atoms with Crippen molar-refractivity contribution in [2.24, 2.45) is 0 Å². The zero-order chi connectivity index (χ0) is 27.3. The van der Waals surface area contributed by atoms with Gasteiger partial charge in [0.1, 0.15) is 5.82 Å². The lowest BCUT2D eigenvalue weighted by atomic mass is 10.1. The Labute approximate surface area is 227 Å². The fraction of sp³-hybridized carbons (Fsp3) is 0.438. The van der Waals surface area contributed by atoms with Crippen LogP contribution in [0.15, 0.2) is 72.9 Å². The number of benzene rings is 2. The first-order valence-corrected chi connectivity index (χ1v) is 13.9. The molecule has 0 aliphatic carbocycles. The molecule has 3 rings (SSSR count). The molecule has 6 heteroatoms. The maximum absolute atomic E-state index is 13.7. The van der Waals surface area contributed by atoms with Gasteiger partial charge in [-0.2, -0.15) is 0 Å². The van der Waals surface area contributed by atoms with E-state index in [1.54, 1.807) is 17.0 Å². The second-order valence-corrected chi connectivity index (χ2v) is 10.3. The highest BCUT2D eigenvalue weighted by atomic mass is 19.1. The van der Waals surface area contributed by atoms with Crippen molar-refractivity contribution in [3.8, 4) is 0 Å². The molecule has 0 bridgehead atoms. The third-order valence-electron chi connectivity index (χ3n) is 6.86. The van der Waals surface area contributed by atoms with E-state index in [-0.39, 0.29) is 30.2 Å². The molecule has 1 aromatic heterocycles. The summed E-state index contributed by atoms with van der Waals surface area (Å²) in [6.07, 6.45) is 7.88. The monoisotopic (exact) mass is 519 g/mol. The minimum absolute atomic E-state index is 0.0456. The van der Waals surface area contributed by atoms with Gasteiger partial charge in [-0.25, -0.2) is 4.39 Å². The Morgan fingerprint density at radius 3 is 2.21 bits per heavy atom. The highest BCUT2D eigenvalue weighted by molar-refractivity contribution is 5.85. The SMILES string of the molecule is CCCCCCCC(=O)N(CC(=O)N(Cc1ccccc1)Cc1cccn1Cc1ccc(F)cc1)C(C)C. The van der Waals surface area contributed by atoms with Crippen LogP contribution in [0.2, 0.25) is 0 Å². The van der Waals surface area contributed by atoms with Crippen molar-refractivity contribution < 1.29 is 14.0 Å². The average Bonchev–Trinajstić information content (AvgIpc) is 3.34. The summed E-state index contributed by atoms with van der Waals surface area (Å²) < 4.78 is 15.5. The predicted octanol–water partition coefficient (Wildman–Crippen LogP) is 6.80. The van der Waals surface area contributed by atoms with Gasteiger partial charge < -0.3 is 14.4 Å². The highest BCUT2D eigenvalue weighted by Gasteiger charge is 2.24. The molecule has 0 unspecified atom stereocenters. The number of hydrogen-bond acceptors (Lipinski definition) is 2. The maximum Gasteiger partial charge on any atom is 0.242 e. The third kappa shape index (κ3) is 9.16. The van der Waals surface area contributed by atoms with Crippen molar-refractivity contribution in [1.29, 1.82) is 0 Å². The number of carbonyl (C=O) groups is 2. The van der Waals surface area contributed by atoms with Crippen LogP contribution in [-0.2, 0) is 29.2 Å². The number of rotatable bonds is 15. The van der Waals surface area contributed by atoms with Gasteiger partial charge in [-0.3, -0.25) is 9.59 Å². The van der Waals surface area contributed by atoms with Gasteiger partial charge in [0.2, 0.25) is 11.8 Å². The fourth-order valence-corrected chi connectivity index (χ4v) is 4.59. The third-order valence-corrected chi connectivity index (χ3v) is 6.86. The Kier molecular flexibility index (Phi) is 11.6. The van der Waals surface area contributed by atoms with Crippen LogP contribution in [0, 0.1) is 5.82 Å². The highest BCUT2D eigenvalue weighted by Crippen LogP contribution is 2.16. The van der Waals surface area contributed by atoms with Crippen molar-refractivity contribution in [1.82, 2.24) is 14.4 Å². The number of carbonyl (C=O) groups excluding carboxylic acids is 2. The Balaban J connectivity index is 1.73. The zero-order valence-corrected chi connectivity index (χ0v) is 23.1. The molecule has 0 aliphatic heterocycles. The molecule has 0 aliphatic rings. The van der Waals surface area contributed by atoms with Crippen molar-refractivity contribution in [2.75, 3.05) is 6.54 Å². The van der Waals surface area contributed by atoms with Gasteiger partial charge in [0.05, 0.1) is 13.1 Å². The summed E-state index contributed by atoms with van der Waals surface area (Å²) in [6.45, 7) is 7.65. The van der Waals surface area contributed by atoms with Gasteiger partial charge in [-0.05, 0) is 55.7 Å². The van der Waals surface area contributed by atoms with Crippen LogP contribution < -0.4 is 0 Å². The number of nitrogens with zero attached hydrogens (tertiary/aromatic N) is 3. The van der Waals surface area contributed by atoms with Gasteiger partial charge in [-0.1, -0.05) is 75.1 Å². The van der Waals surface area contributed by atoms with E-state index in [1.807, 2.05) is 67.4 Å². The van der Waals surface area contributed by atoms with Crippen LogP contribution in [0.1, 0.15) is 76.1 Å². The molecule has 1 heterocycles. The molecule has 0 radical (unpaired) electrons. The molecule has 0 saturated heterocycles. The predicted molar refractivity (Wildman–Crippen MR) is 151 cm³/mol. The lowest BCUT2D eigenvalue weighted by molar-refractivity contribution is -0.142. The van der Waals surface area contributed by atoms with Crippen LogP contribution in [0.25, 0.3) is 0 Å². The fourth-order valence-electron chi connectivity index (χ4n) is 4.59. The number of hydrogen-bond donors (Lipinski definition) is 0. The lowest BCUT2D eigenvalue weighted by Gasteiger charge is -2.30. The quantitative estimate of drug-likeness (QED) is 0.207. The molecule has 0 saturated carbocycles. The molecular weight excluding hydrogens is 477 g/mol. The maximum atomic E-state index is 13.7. The standard InChI is InChI=1S/C32H42FN3O2/c1-4-5-6-7-11-16-31(37)36(26(2)3)25-32(38)35(23-27-13-9-8-10-14-27)24-30-15-12-21-34(30)22-28-17-19-29(33)20-18-28/h8-10,12-15,17-21,26H,4-7,11,16,22-25H2,1-3H3. The summed E-state index contributed by atoms with van der Waals surface area (Å²) in [5.41, 5.74) is 3.01. The minimum Gasteiger partial charge on any atom is -0.345 e. The Morgan fingerprint density at radius 1 is 0.816 bits per heavy atom. The van der Waals surface area contributed by atoms with Gasteiger partial charge in [0, 0.05) is 37.4 Å². The molecule has 2 amide bonds. The summed E-state index contributed by atoms with van der Waals surface area (Å²) in [5.74, 6) is -0.285. The van der Waals surface area contributed by atoms with Gasteiger partial charge in [0.25, 0.3) is 0 Å². The van der Waals surface area contributed by atoms with E-state index in [0.717, 1.165) is 36.1 Å². The lowest BCUT2D eigenvalue weighted by Crippen LogP contribution is -2.45. The first-order chi connectivity index (χ1) is 18.4. The van der Waals surface area contributed by atoms with Crippen LogP contribution in [0.3, 0.4) is 0 Å². The Morgan fingerprint density at radius 2 is 1.53 bits per heavy atom. The zero-order valence-electron chi connectivity index (χ0n) is 23.1. The smallest absolute Gasteiger partial charge is 0.242 e. The van der Waals surface area contributed by atoms with Crippen molar-refractivity contribution in [3.05, 3.63) is 95.6 Å². The first kappa shape index (κ1) is 29.2. The molecule has 0 N–H and O–H groups in total. The van der Waals surface area contributed by atoms with E-state index < -0.39 is 0 Å². The van der Waals surface area contributed by atoms with Crippen molar-refractivity contribution >= 4 is 11.8 Å². The molecule has 2 aromatic carbocycles. The molecule has 0 spiro atoms. The van der Waals surface area contributed by atoms with Gasteiger partial charge in [0.15, 0.2) is 0 Å². The number of halogens is 1. The van der Waals surface area contributed by atoms with Crippen LogP contribution in [0.4, 0.5) is 4.39 Å². The Bertz CT molecular complexity index is 1130. The summed E-state index contributed by atoms with van der Waals surface area (Å²) in [7, 11) is 0. The van der Waals surface area contributed by atoms with E-state index >= 15 is 0 Å². The molecule has 3 aromatic rings. The van der Waals surface area contributed by atoms with Gasteiger partial charge in [-0.15, -0.1) is 0 Å². The topological polar surface area (TPSA) is 45.6 Å². The van der Waals surface area contributed by atoms with Crippen LogP contribution >= 0.6 is 0 Å². The molecule has 5 nitrogen and oxygen atoms in total. The number of aromatic nitrogens is 1. The molecular formula is C32H42FN3O2. The van der Waals surface area contributed by atoms with Crippen LogP contribution in [0.5, 0.6) is 0 Å². The molecule has 38 heavy (non-hydrogen) atoms.